The molecule has 1 aromatic heterocycles. The van der Waals surface area contributed by atoms with Gasteiger partial charge in [-0.1, -0.05) is 62.4 Å². The van der Waals surface area contributed by atoms with Crippen molar-refractivity contribution in [3.05, 3.63) is 108 Å². The highest BCUT2D eigenvalue weighted by Crippen LogP contribution is 2.48. The molecule has 0 bridgehead atoms. The van der Waals surface area contributed by atoms with Crippen LogP contribution in [0.25, 0.3) is 5.57 Å². The summed E-state index contributed by atoms with van der Waals surface area (Å²) in [5.41, 5.74) is 7.83. The van der Waals surface area contributed by atoms with Crippen LogP contribution in [0.1, 0.15) is 37.0 Å². The molecule has 0 saturated carbocycles. The molecular weight excluding hydrogens is 540 g/mol. The van der Waals surface area contributed by atoms with Crippen LogP contribution in [0.2, 0.25) is 0 Å². The second-order valence-corrected chi connectivity index (χ2v) is 12.2. The number of primary sulfonamides is 1. The van der Waals surface area contributed by atoms with Gasteiger partial charge in [0, 0.05) is 30.1 Å². The molecule has 0 spiro atoms. The number of hydrogen-bond donors (Lipinski definition) is 2. The smallest absolute Gasteiger partial charge is 0.324 e. The fourth-order valence-corrected chi connectivity index (χ4v) is 5.72. The molecule has 41 heavy (non-hydrogen) atoms. The third-order valence-corrected chi connectivity index (χ3v) is 8.50. The summed E-state index contributed by atoms with van der Waals surface area (Å²) in [6, 6.07) is 15.6. The van der Waals surface area contributed by atoms with Gasteiger partial charge in [-0.2, -0.15) is 0 Å². The summed E-state index contributed by atoms with van der Waals surface area (Å²) in [6.07, 6.45) is 10.4. The van der Waals surface area contributed by atoms with E-state index in [0.29, 0.717) is 29.8 Å². The number of esters is 1. The number of pyridine rings is 1. The lowest BCUT2D eigenvalue weighted by molar-refractivity contribution is -0.165. The van der Waals surface area contributed by atoms with Crippen molar-refractivity contribution in [2.45, 2.75) is 36.8 Å². The van der Waals surface area contributed by atoms with Crippen molar-refractivity contribution in [3.63, 3.8) is 0 Å². The molecule has 9 nitrogen and oxygen atoms in total. The highest BCUT2D eigenvalue weighted by molar-refractivity contribution is 7.89. The highest BCUT2D eigenvalue weighted by Gasteiger charge is 2.56. The van der Waals surface area contributed by atoms with Gasteiger partial charge in [0.2, 0.25) is 15.6 Å². The topological polar surface area (TPSA) is 146 Å². The van der Waals surface area contributed by atoms with Gasteiger partial charge >= 0.3 is 5.97 Å². The number of amides is 1. The summed E-state index contributed by atoms with van der Waals surface area (Å²) in [6.45, 7) is 3.93. The fraction of sp³-hybridized carbons (Fsp3) is 0.258. The molecule has 212 valence electrons. The Morgan fingerprint density at radius 3 is 2.39 bits per heavy atom. The summed E-state index contributed by atoms with van der Waals surface area (Å²) < 4.78 is 29.9. The Morgan fingerprint density at radius 1 is 1.10 bits per heavy atom. The van der Waals surface area contributed by atoms with Crippen molar-refractivity contribution in [2.75, 3.05) is 11.4 Å². The van der Waals surface area contributed by atoms with E-state index in [0.717, 1.165) is 11.1 Å². The normalized spacial score (nSPS) is 21.0. The van der Waals surface area contributed by atoms with Gasteiger partial charge in [-0.05, 0) is 59.7 Å². The Kier molecular flexibility index (Phi) is 7.65. The minimum Gasteiger partial charge on any atom is -0.438 e. The van der Waals surface area contributed by atoms with Crippen LogP contribution in [-0.2, 0) is 30.0 Å². The maximum absolute atomic E-state index is 14.5. The molecule has 2 unspecified atom stereocenters. The summed E-state index contributed by atoms with van der Waals surface area (Å²) in [5, 5.41) is 5.30. The predicted molar refractivity (Wildman–Crippen MR) is 156 cm³/mol. The number of ether oxygens (including phenoxy) is 1. The minimum atomic E-state index is -3.98. The SMILES string of the molecule is CC(C)[C@H](N)C(=O)OC1(c2ccc(S(N)(=O)=O)cc2)C(=O)N(CC2C=CC(c3ccncc3)=CC2)c2ccccc21. The number of carbonyl (C=O) groups excluding carboxylic acids is 2. The van der Waals surface area contributed by atoms with E-state index in [2.05, 4.69) is 17.1 Å². The number of nitrogens with two attached hydrogens (primary N) is 2. The molecule has 0 radical (unpaired) electrons. The number of fused-ring (bicyclic) bond motifs is 1. The van der Waals surface area contributed by atoms with E-state index in [1.807, 2.05) is 30.3 Å². The van der Waals surface area contributed by atoms with Crippen LogP contribution in [0.15, 0.2) is 96.2 Å². The number of benzene rings is 2. The number of rotatable bonds is 8. The van der Waals surface area contributed by atoms with E-state index in [9.17, 15) is 18.0 Å². The summed E-state index contributed by atoms with van der Waals surface area (Å²) in [5.74, 6) is -1.42. The van der Waals surface area contributed by atoms with Crippen molar-refractivity contribution in [1.29, 1.82) is 0 Å². The van der Waals surface area contributed by atoms with Crippen LogP contribution in [0.4, 0.5) is 5.69 Å². The summed E-state index contributed by atoms with van der Waals surface area (Å²) in [4.78, 5) is 33.4. The van der Waals surface area contributed by atoms with Crippen molar-refractivity contribution in [1.82, 2.24) is 4.98 Å². The second kappa shape index (κ2) is 11.0. The largest absolute Gasteiger partial charge is 0.438 e. The number of aromatic nitrogens is 1. The lowest BCUT2D eigenvalue weighted by Gasteiger charge is -2.31. The number of hydrogen-bond acceptors (Lipinski definition) is 7. The first-order valence-electron chi connectivity index (χ1n) is 13.3. The number of nitrogens with zero attached hydrogens (tertiary/aromatic N) is 2. The minimum absolute atomic E-state index is 0.00627. The maximum atomic E-state index is 14.5. The van der Waals surface area contributed by atoms with Crippen LogP contribution >= 0.6 is 0 Å². The molecule has 0 saturated heterocycles. The van der Waals surface area contributed by atoms with Gasteiger partial charge in [-0.3, -0.25) is 14.6 Å². The first kappa shape index (κ1) is 28.4. The first-order chi connectivity index (χ1) is 19.5. The van der Waals surface area contributed by atoms with Gasteiger partial charge < -0.3 is 15.4 Å². The Hall–Kier alpha value is -4.12. The molecule has 3 aromatic rings. The van der Waals surface area contributed by atoms with Crippen molar-refractivity contribution in [3.8, 4) is 0 Å². The Labute approximate surface area is 239 Å². The number of carbonyl (C=O) groups is 2. The van der Waals surface area contributed by atoms with E-state index in [4.69, 9.17) is 15.6 Å². The quantitative estimate of drug-likeness (QED) is 0.393. The van der Waals surface area contributed by atoms with Crippen LogP contribution in [0.5, 0.6) is 0 Å². The van der Waals surface area contributed by atoms with Crippen LogP contribution < -0.4 is 15.8 Å². The van der Waals surface area contributed by atoms with Gasteiger partial charge in [0.05, 0.1) is 10.6 Å². The standard InChI is InChI=1S/C31H32N4O5S/c1-20(2)28(32)29(36)40-31(24-11-13-25(14-12-24)41(33,38)39)26-5-3-4-6-27(26)35(30(31)37)19-21-7-9-22(10-8-21)23-15-17-34-18-16-23/h3-7,9-18,20-21,28H,8,19,32H2,1-2H3,(H2,33,38,39)/t21?,28-,31?/m0/s1. The molecule has 4 N–H and O–H groups in total. The predicted octanol–water partition coefficient (Wildman–Crippen LogP) is 3.51. The Balaban J connectivity index is 1.53. The molecule has 2 aromatic carbocycles. The number of sulfonamides is 1. The second-order valence-electron chi connectivity index (χ2n) is 10.6. The zero-order valence-electron chi connectivity index (χ0n) is 22.8. The summed E-state index contributed by atoms with van der Waals surface area (Å²) >= 11 is 0. The molecule has 2 heterocycles. The van der Waals surface area contributed by atoms with E-state index < -0.39 is 33.5 Å². The van der Waals surface area contributed by atoms with E-state index in [1.165, 1.54) is 24.3 Å². The number of para-hydroxylation sites is 1. The van der Waals surface area contributed by atoms with Gasteiger partial charge in [-0.25, -0.2) is 13.6 Å². The van der Waals surface area contributed by atoms with Crippen molar-refractivity contribution >= 4 is 33.2 Å². The zero-order chi connectivity index (χ0) is 29.4. The lowest BCUT2D eigenvalue weighted by Crippen LogP contribution is -2.49. The van der Waals surface area contributed by atoms with Crippen molar-refractivity contribution < 1.29 is 22.7 Å². The third-order valence-electron chi connectivity index (χ3n) is 7.57. The van der Waals surface area contributed by atoms with Gasteiger partial charge in [0.25, 0.3) is 5.91 Å². The summed E-state index contributed by atoms with van der Waals surface area (Å²) in [7, 11) is -3.98. The molecule has 10 heteroatoms. The van der Waals surface area contributed by atoms with Gasteiger partial charge in [0.1, 0.15) is 6.04 Å². The van der Waals surface area contributed by atoms with Crippen LogP contribution in [-0.4, -0.2) is 37.9 Å². The number of anilines is 1. The van der Waals surface area contributed by atoms with Gasteiger partial charge in [-0.15, -0.1) is 0 Å². The van der Waals surface area contributed by atoms with Crippen LogP contribution in [0.3, 0.4) is 0 Å². The molecule has 3 atom stereocenters. The molecule has 1 aliphatic carbocycles. The monoisotopic (exact) mass is 572 g/mol. The molecule has 0 fully saturated rings. The van der Waals surface area contributed by atoms with Crippen molar-refractivity contribution in [2.24, 2.45) is 22.7 Å². The molecular formula is C31H32N4O5S. The lowest BCUT2D eigenvalue weighted by atomic mass is 9.87. The Bertz CT molecular complexity index is 1630. The molecule has 2 aliphatic rings. The molecule has 1 aliphatic heterocycles. The first-order valence-corrected chi connectivity index (χ1v) is 14.9. The van der Waals surface area contributed by atoms with E-state index in [1.54, 1.807) is 43.3 Å². The third kappa shape index (κ3) is 5.33. The van der Waals surface area contributed by atoms with E-state index in [-0.39, 0.29) is 16.7 Å². The number of allylic oxidation sites excluding steroid dienone is 3. The Morgan fingerprint density at radius 2 is 1.78 bits per heavy atom. The van der Waals surface area contributed by atoms with Gasteiger partial charge in [0.15, 0.2) is 0 Å². The fourth-order valence-electron chi connectivity index (χ4n) is 5.20. The highest BCUT2D eigenvalue weighted by atomic mass is 32.2. The van der Waals surface area contributed by atoms with E-state index >= 15 is 0 Å². The average molecular weight is 573 g/mol. The van der Waals surface area contributed by atoms with Crippen LogP contribution in [0, 0.1) is 11.8 Å². The zero-order valence-corrected chi connectivity index (χ0v) is 23.6. The maximum Gasteiger partial charge on any atom is 0.324 e. The average Bonchev–Trinajstić information content (AvgIpc) is 3.20. The molecule has 1 amide bonds. The molecule has 5 rings (SSSR count).